The van der Waals surface area contributed by atoms with E-state index in [1.807, 2.05) is 53.4 Å². The number of carbonyl (C=O) groups excluding carboxylic acids is 2. The summed E-state index contributed by atoms with van der Waals surface area (Å²) in [4.78, 5) is 28.8. The van der Waals surface area contributed by atoms with Gasteiger partial charge in [0.15, 0.2) is 10.9 Å². The molecule has 7 heteroatoms. The van der Waals surface area contributed by atoms with Crippen LogP contribution in [0.3, 0.4) is 0 Å². The Morgan fingerprint density at radius 3 is 2.45 bits per heavy atom. The van der Waals surface area contributed by atoms with E-state index in [1.165, 1.54) is 11.8 Å². The van der Waals surface area contributed by atoms with Gasteiger partial charge in [0.05, 0.1) is 10.6 Å². The van der Waals surface area contributed by atoms with Crippen molar-refractivity contribution in [3.63, 3.8) is 0 Å². The van der Waals surface area contributed by atoms with Gasteiger partial charge in [0.25, 0.3) is 11.8 Å². The monoisotopic (exact) mass is 424 g/mol. The van der Waals surface area contributed by atoms with Crippen molar-refractivity contribution in [2.45, 2.75) is 12.8 Å². The number of likely N-dealkylation sites (tertiary alicyclic amines) is 1. The Balaban J connectivity index is 1.40. The molecule has 0 spiro atoms. The SMILES string of the molecule is O=C(COc1ccc(/C=C2\SC(=S)N(c3ccccc3)C2=O)cc1)N1CCCC1. The topological polar surface area (TPSA) is 49.9 Å². The minimum absolute atomic E-state index is 0.0242. The van der Waals surface area contributed by atoms with Crippen LogP contribution in [0.1, 0.15) is 18.4 Å². The average Bonchev–Trinajstić information content (AvgIpc) is 3.37. The predicted molar refractivity (Wildman–Crippen MR) is 120 cm³/mol. The van der Waals surface area contributed by atoms with Crippen LogP contribution in [0.15, 0.2) is 59.5 Å². The predicted octanol–water partition coefficient (Wildman–Crippen LogP) is 4.09. The van der Waals surface area contributed by atoms with Gasteiger partial charge in [-0.15, -0.1) is 0 Å². The molecule has 0 unspecified atom stereocenters. The average molecular weight is 425 g/mol. The van der Waals surface area contributed by atoms with Crippen molar-refractivity contribution in [2.24, 2.45) is 0 Å². The summed E-state index contributed by atoms with van der Waals surface area (Å²) in [6.45, 7) is 1.69. The summed E-state index contributed by atoms with van der Waals surface area (Å²) in [5.74, 6) is 0.533. The molecule has 2 saturated heterocycles. The molecule has 2 amide bonds. The number of nitrogens with zero attached hydrogens (tertiary/aromatic N) is 2. The number of anilines is 1. The molecule has 2 fully saturated rings. The molecule has 2 aromatic carbocycles. The highest BCUT2D eigenvalue weighted by atomic mass is 32.2. The summed E-state index contributed by atoms with van der Waals surface area (Å²) in [6, 6.07) is 16.7. The molecule has 4 rings (SSSR count). The molecule has 0 aromatic heterocycles. The first-order chi connectivity index (χ1) is 14.1. The van der Waals surface area contributed by atoms with Crippen LogP contribution in [-0.4, -0.2) is 40.7 Å². The fraction of sp³-hybridized carbons (Fsp3) is 0.227. The fourth-order valence-electron chi connectivity index (χ4n) is 3.28. The lowest BCUT2D eigenvalue weighted by Gasteiger charge is -2.15. The summed E-state index contributed by atoms with van der Waals surface area (Å²) in [5.41, 5.74) is 1.64. The van der Waals surface area contributed by atoms with Gasteiger partial charge < -0.3 is 9.64 Å². The van der Waals surface area contributed by atoms with Gasteiger partial charge in [-0.2, -0.15) is 0 Å². The third kappa shape index (κ3) is 4.52. The number of ether oxygens (including phenoxy) is 1. The number of thiocarbonyl (C=S) groups is 1. The quantitative estimate of drug-likeness (QED) is 0.534. The number of hydrogen-bond acceptors (Lipinski definition) is 5. The van der Waals surface area contributed by atoms with Gasteiger partial charge in [-0.05, 0) is 48.7 Å². The molecule has 2 heterocycles. The van der Waals surface area contributed by atoms with E-state index in [2.05, 4.69) is 0 Å². The summed E-state index contributed by atoms with van der Waals surface area (Å²) in [6.07, 6.45) is 3.95. The van der Waals surface area contributed by atoms with Crippen LogP contribution in [0.5, 0.6) is 5.75 Å². The maximum atomic E-state index is 12.8. The summed E-state index contributed by atoms with van der Waals surface area (Å²) in [7, 11) is 0. The molecule has 2 aliphatic heterocycles. The Labute approximate surface area is 179 Å². The number of hydrogen-bond donors (Lipinski definition) is 0. The highest BCUT2D eigenvalue weighted by Crippen LogP contribution is 2.36. The zero-order chi connectivity index (χ0) is 20.2. The van der Waals surface area contributed by atoms with Crippen LogP contribution in [0.25, 0.3) is 6.08 Å². The van der Waals surface area contributed by atoms with Crippen LogP contribution < -0.4 is 9.64 Å². The van der Waals surface area contributed by atoms with Crippen LogP contribution in [-0.2, 0) is 9.59 Å². The van der Waals surface area contributed by atoms with Gasteiger partial charge in [0.1, 0.15) is 5.75 Å². The second-order valence-electron chi connectivity index (χ2n) is 6.80. The second kappa shape index (κ2) is 8.80. The zero-order valence-corrected chi connectivity index (χ0v) is 17.4. The van der Waals surface area contributed by atoms with Crippen LogP contribution >= 0.6 is 24.0 Å². The van der Waals surface area contributed by atoms with E-state index < -0.39 is 0 Å². The molecule has 0 radical (unpaired) electrons. The number of carbonyl (C=O) groups is 2. The van der Waals surface area contributed by atoms with E-state index in [9.17, 15) is 9.59 Å². The first-order valence-corrected chi connectivity index (χ1v) is 10.7. The highest BCUT2D eigenvalue weighted by Gasteiger charge is 2.33. The second-order valence-corrected chi connectivity index (χ2v) is 8.47. The molecule has 2 aliphatic rings. The third-order valence-electron chi connectivity index (χ3n) is 4.81. The lowest BCUT2D eigenvalue weighted by molar-refractivity contribution is -0.132. The van der Waals surface area contributed by atoms with Gasteiger partial charge >= 0.3 is 0 Å². The standard InChI is InChI=1S/C22H20N2O3S2/c25-20(23-12-4-5-13-23)15-27-18-10-8-16(9-11-18)14-19-21(26)24(22(28)29-19)17-6-2-1-3-7-17/h1-3,6-11,14H,4-5,12-13,15H2/b19-14-. The molecule has 0 aliphatic carbocycles. The van der Waals surface area contributed by atoms with Crippen molar-refractivity contribution in [3.8, 4) is 5.75 Å². The minimum atomic E-state index is -0.122. The number of benzene rings is 2. The summed E-state index contributed by atoms with van der Waals surface area (Å²) in [5, 5.41) is 0. The molecule has 2 aromatic rings. The molecule has 5 nitrogen and oxygen atoms in total. The van der Waals surface area contributed by atoms with E-state index in [4.69, 9.17) is 17.0 Å². The molecular formula is C22H20N2O3S2. The fourth-order valence-corrected chi connectivity index (χ4v) is 4.58. The lowest BCUT2D eigenvalue weighted by Crippen LogP contribution is -2.32. The van der Waals surface area contributed by atoms with Crippen molar-refractivity contribution < 1.29 is 14.3 Å². The van der Waals surface area contributed by atoms with E-state index in [1.54, 1.807) is 17.0 Å². The Morgan fingerprint density at radius 2 is 1.76 bits per heavy atom. The minimum Gasteiger partial charge on any atom is -0.484 e. The molecule has 0 atom stereocenters. The van der Waals surface area contributed by atoms with E-state index in [0.717, 1.165) is 37.2 Å². The van der Waals surface area contributed by atoms with Crippen molar-refractivity contribution >= 4 is 51.9 Å². The van der Waals surface area contributed by atoms with Gasteiger partial charge in [-0.3, -0.25) is 14.5 Å². The van der Waals surface area contributed by atoms with E-state index in [0.29, 0.717) is 15.0 Å². The van der Waals surface area contributed by atoms with Crippen LogP contribution in [0, 0.1) is 0 Å². The number of para-hydroxylation sites is 1. The van der Waals surface area contributed by atoms with Crippen molar-refractivity contribution in [3.05, 3.63) is 65.1 Å². The van der Waals surface area contributed by atoms with E-state index >= 15 is 0 Å². The van der Waals surface area contributed by atoms with Crippen molar-refractivity contribution in [1.82, 2.24) is 4.90 Å². The first kappa shape index (κ1) is 19.7. The normalized spacial score (nSPS) is 18.0. The van der Waals surface area contributed by atoms with Gasteiger partial charge in [0, 0.05) is 13.1 Å². The lowest BCUT2D eigenvalue weighted by atomic mass is 10.2. The maximum Gasteiger partial charge on any atom is 0.270 e. The Kier molecular flexibility index (Phi) is 5.97. The smallest absolute Gasteiger partial charge is 0.270 e. The Morgan fingerprint density at radius 1 is 1.07 bits per heavy atom. The maximum absolute atomic E-state index is 12.8. The molecular weight excluding hydrogens is 404 g/mol. The first-order valence-electron chi connectivity index (χ1n) is 9.45. The number of rotatable bonds is 5. The highest BCUT2D eigenvalue weighted by molar-refractivity contribution is 8.27. The molecule has 148 valence electrons. The van der Waals surface area contributed by atoms with Crippen molar-refractivity contribution in [1.29, 1.82) is 0 Å². The summed E-state index contributed by atoms with van der Waals surface area (Å²) >= 11 is 6.68. The van der Waals surface area contributed by atoms with Gasteiger partial charge in [-0.25, -0.2) is 0 Å². The Hall–Kier alpha value is -2.64. The summed E-state index contributed by atoms with van der Waals surface area (Å²) < 4.78 is 6.13. The van der Waals surface area contributed by atoms with E-state index in [-0.39, 0.29) is 18.4 Å². The third-order valence-corrected chi connectivity index (χ3v) is 6.11. The molecule has 0 N–H and O–H groups in total. The zero-order valence-electron chi connectivity index (χ0n) is 15.7. The molecule has 0 saturated carbocycles. The van der Waals surface area contributed by atoms with Crippen molar-refractivity contribution in [2.75, 3.05) is 24.6 Å². The van der Waals surface area contributed by atoms with Gasteiger partial charge in [0.2, 0.25) is 0 Å². The van der Waals surface area contributed by atoms with Gasteiger partial charge in [-0.1, -0.05) is 54.3 Å². The molecule has 0 bridgehead atoms. The van der Waals surface area contributed by atoms with Crippen LogP contribution in [0.2, 0.25) is 0 Å². The molecule has 29 heavy (non-hydrogen) atoms. The number of thioether (sulfide) groups is 1. The number of amides is 2. The Bertz CT molecular complexity index is 952. The largest absolute Gasteiger partial charge is 0.484 e. The van der Waals surface area contributed by atoms with Crippen LogP contribution in [0.4, 0.5) is 5.69 Å².